The molecule has 0 amide bonds. The van der Waals surface area contributed by atoms with Crippen molar-refractivity contribution < 1.29 is 0 Å². The molecule has 1 aliphatic heterocycles. The molecule has 0 aromatic carbocycles. The summed E-state index contributed by atoms with van der Waals surface area (Å²) in [5.74, 6) is 2.87. The van der Waals surface area contributed by atoms with E-state index in [1.165, 1.54) is 0 Å². The first-order valence-corrected chi connectivity index (χ1v) is 4.92. The van der Waals surface area contributed by atoms with Crippen LogP contribution < -0.4 is 5.73 Å². The molecule has 76 valence electrons. The molecule has 13 heavy (non-hydrogen) atoms. The summed E-state index contributed by atoms with van der Waals surface area (Å²) in [4.78, 5) is 4.65. The molecule has 0 spiro atoms. The van der Waals surface area contributed by atoms with Crippen molar-refractivity contribution in [3.8, 4) is 12.0 Å². The van der Waals surface area contributed by atoms with Gasteiger partial charge in [-0.15, -0.1) is 0 Å². The van der Waals surface area contributed by atoms with Crippen LogP contribution in [0.1, 0.15) is 13.8 Å². The lowest BCUT2D eigenvalue weighted by Gasteiger charge is -2.30. The fourth-order valence-corrected chi connectivity index (χ4v) is 1.16. The lowest BCUT2D eigenvalue weighted by molar-refractivity contribution is 0.168. The van der Waals surface area contributed by atoms with Crippen molar-refractivity contribution in [1.29, 1.82) is 0 Å². The van der Waals surface area contributed by atoms with Crippen LogP contribution in [0.15, 0.2) is 0 Å². The van der Waals surface area contributed by atoms with Crippen LogP contribution >= 0.6 is 0 Å². The van der Waals surface area contributed by atoms with E-state index in [9.17, 15) is 0 Å². The number of hydrogen-bond acceptors (Lipinski definition) is 3. The van der Waals surface area contributed by atoms with Crippen molar-refractivity contribution in [2.45, 2.75) is 13.8 Å². The van der Waals surface area contributed by atoms with Gasteiger partial charge in [0.05, 0.1) is 6.54 Å². The Bertz CT molecular complexity index is 161. The quantitative estimate of drug-likeness (QED) is 0.465. The highest BCUT2D eigenvalue weighted by Gasteiger charge is 2.11. The van der Waals surface area contributed by atoms with Crippen molar-refractivity contribution in [3.63, 3.8) is 0 Å². The summed E-state index contributed by atoms with van der Waals surface area (Å²) in [6.07, 6.45) is 0. The van der Waals surface area contributed by atoms with Crippen LogP contribution in [0.3, 0.4) is 0 Å². The first-order chi connectivity index (χ1) is 6.33. The Morgan fingerprint density at radius 3 is 2.15 bits per heavy atom. The summed E-state index contributed by atoms with van der Waals surface area (Å²) in [6, 6.07) is 2.42. The molecule has 1 fully saturated rings. The lowest BCUT2D eigenvalue weighted by atomic mass is 10.3. The van der Waals surface area contributed by atoms with E-state index in [4.69, 9.17) is 5.73 Å². The van der Waals surface area contributed by atoms with Gasteiger partial charge in [0.2, 0.25) is 0 Å². The molecule has 1 saturated heterocycles. The van der Waals surface area contributed by atoms with E-state index in [0.717, 1.165) is 32.7 Å². The van der Waals surface area contributed by atoms with Gasteiger partial charge < -0.3 is 10.6 Å². The fourth-order valence-electron chi connectivity index (χ4n) is 1.16. The van der Waals surface area contributed by atoms with Gasteiger partial charge in [0, 0.05) is 32.2 Å². The third-order valence-electron chi connectivity index (χ3n) is 2.00. The highest BCUT2D eigenvalue weighted by atomic mass is 15.2. The van der Waals surface area contributed by atoms with Gasteiger partial charge in [-0.3, -0.25) is 4.90 Å². The van der Waals surface area contributed by atoms with Crippen LogP contribution in [0.2, 0.25) is 0 Å². The largest absolute Gasteiger partial charge is 0.359 e. The third kappa shape index (κ3) is 5.51. The van der Waals surface area contributed by atoms with Crippen LogP contribution in [0.4, 0.5) is 0 Å². The molecule has 2 N–H and O–H groups in total. The maximum absolute atomic E-state index is 5.07. The van der Waals surface area contributed by atoms with Crippen molar-refractivity contribution in [1.82, 2.24) is 9.80 Å². The van der Waals surface area contributed by atoms with E-state index in [-0.39, 0.29) is 0 Å². The molecule has 0 aromatic heterocycles. The average Bonchev–Trinajstić information content (AvgIpc) is 2.20. The van der Waals surface area contributed by atoms with Crippen molar-refractivity contribution in [2.24, 2.45) is 5.73 Å². The number of nitrogens with zero attached hydrogens (tertiary/aromatic N) is 2. The fraction of sp³-hybridized carbons (Fsp3) is 0.800. The van der Waals surface area contributed by atoms with Gasteiger partial charge in [-0.1, -0.05) is 19.8 Å². The van der Waals surface area contributed by atoms with E-state index in [1.54, 1.807) is 0 Å². The zero-order valence-electron chi connectivity index (χ0n) is 9.01. The predicted molar refractivity (Wildman–Crippen MR) is 57.2 cm³/mol. The Hall–Kier alpha value is -0.720. The Labute approximate surface area is 81.9 Å². The summed E-state index contributed by atoms with van der Waals surface area (Å²) in [6.45, 7) is 9.35. The number of likely N-dealkylation sites (N-methyl/N-ethyl adjacent to an activating group) is 1. The average molecular weight is 183 g/mol. The predicted octanol–water partition coefficient (Wildman–Crippen LogP) is 0.180. The Kier molecular flexibility index (Phi) is 7.47. The molecular weight excluding hydrogens is 162 g/mol. The molecule has 0 atom stereocenters. The highest BCUT2D eigenvalue weighted by Crippen LogP contribution is 1.96. The summed E-state index contributed by atoms with van der Waals surface area (Å²) >= 11 is 0. The van der Waals surface area contributed by atoms with Gasteiger partial charge in [0.1, 0.15) is 0 Å². The van der Waals surface area contributed by atoms with Crippen LogP contribution in [0.5, 0.6) is 0 Å². The first-order valence-electron chi connectivity index (χ1n) is 4.92. The molecule has 3 nitrogen and oxygen atoms in total. The van der Waals surface area contributed by atoms with Crippen LogP contribution in [-0.2, 0) is 0 Å². The maximum atomic E-state index is 5.07. The Balaban J connectivity index is 0.000000671. The molecular formula is C10H21N3. The van der Waals surface area contributed by atoms with E-state index >= 15 is 0 Å². The van der Waals surface area contributed by atoms with Crippen molar-refractivity contribution in [3.05, 3.63) is 0 Å². The monoisotopic (exact) mass is 183 g/mol. The van der Waals surface area contributed by atoms with Gasteiger partial charge >= 0.3 is 0 Å². The topological polar surface area (TPSA) is 32.5 Å². The molecule has 0 bridgehead atoms. The third-order valence-corrected chi connectivity index (χ3v) is 2.00. The molecule has 1 aliphatic rings. The van der Waals surface area contributed by atoms with E-state index < -0.39 is 0 Å². The highest BCUT2D eigenvalue weighted by molar-refractivity contribution is 4.97. The zero-order valence-corrected chi connectivity index (χ0v) is 9.01. The molecule has 0 unspecified atom stereocenters. The molecule has 0 aromatic rings. The summed E-state index contributed by atoms with van der Waals surface area (Å²) in [7, 11) is 2.14. The minimum absolute atomic E-state index is 0.824. The minimum atomic E-state index is 0.824. The smallest absolute Gasteiger partial charge is 0.0620 e. The van der Waals surface area contributed by atoms with E-state index in [2.05, 4.69) is 28.8 Å². The van der Waals surface area contributed by atoms with Crippen LogP contribution in [0, 0.1) is 12.0 Å². The number of hydrogen-bond donors (Lipinski definition) is 1. The molecule has 0 aliphatic carbocycles. The van der Waals surface area contributed by atoms with Gasteiger partial charge in [-0.05, 0) is 7.05 Å². The summed E-state index contributed by atoms with van der Waals surface area (Å²) in [5, 5.41) is 0. The molecule has 0 radical (unpaired) electrons. The molecule has 1 heterocycles. The van der Waals surface area contributed by atoms with Gasteiger partial charge in [0.15, 0.2) is 0 Å². The molecule has 0 saturated carbocycles. The van der Waals surface area contributed by atoms with Gasteiger partial charge in [-0.25, -0.2) is 0 Å². The normalized spacial score (nSPS) is 18.1. The SMILES string of the molecule is CC.CN1CCN(CC#CN)CC1. The standard InChI is InChI=1S/C8H15N3.C2H6/c1-10-5-7-11(8-6-10)4-2-3-9;1-2/h4-9H2,1H3;1-2H3. The van der Waals surface area contributed by atoms with Crippen molar-refractivity contribution >= 4 is 0 Å². The number of piperazine rings is 1. The molecule has 3 heteroatoms. The van der Waals surface area contributed by atoms with Gasteiger partial charge in [-0.2, -0.15) is 0 Å². The molecule has 1 rings (SSSR count). The maximum Gasteiger partial charge on any atom is 0.0620 e. The first kappa shape index (κ1) is 12.3. The second-order valence-electron chi connectivity index (χ2n) is 2.90. The second kappa shape index (κ2) is 7.90. The number of rotatable bonds is 1. The lowest BCUT2D eigenvalue weighted by Crippen LogP contribution is -2.44. The van der Waals surface area contributed by atoms with Crippen molar-refractivity contribution in [2.75, 3.05) is 39.8 Å². The Morgan fingerprint density at radius 1 is 1.15 bits per heavy atom. The van der Waals surface area contributed by atoms with E-state index in [1.807, 2.05) is 13.8 Å². The Morgan fingerprint density at radius 2 is 1.69 bits per heavy atom. The van der Waals surface area contributed by atoms with Crippen LogP contribution in [-0.4, -0.2) is 49.6 Å². The number of nitrogens with two attached hydrogens (primary N) is 1. The summed E-state index contributed by atoms with van der Waals surface area (Å²) in [5.41, 5.74) is 5.07. The van der Waals surface area contributed by atoms with Gasteiger partial charge in [0.25, 0.3) is 0 Å². The zero-order chi connectivity index (χ0) is 10.1. The van der Waals surface area contributed by atoms with E-state index in [0.29, 0.717) is 0 Å². The summed E-state index contributed by atoms with van der Waals surface area (Å²) < 4.78 is 0. The minimum Gasteiger partial charge on any atom is -0.359 e. The van der Waals surface area contributed by atoms with Crippen LogP contribution in [0.25, 0.3) is 0 Å². The second-order valence-corrected chi connectivity index (χ2v) is 2.90.